The second-order valence-electron chi connectivity index (χ2n) is 20.9. The molecule has 5 aromatic rings. The standard InChI is InChI=1S/C61H79N15O11S2/c1-36(77)52(53(62)80)76-60(87)49(33-88)70-51(79)25-27-66-54(81)45(30-40-21-23-42(24-22-40)41-18-10-5-11-19-41)72-55(82)44(20-12-13-26-67-61(63)64)71-57(84)47(29-39-16-8-4-9-17-39)73-58(85)48(31-43-32-65-35-68-43)74-59(86)50(34-89)75-56(83)46(69-37(2)78)28-38-14-6-3-7-15-38/h3-11,14-19,21-24,32,35-36,44-50,52,77,88-89H,12-13,20,25-31,33-34H2,1-2H3,(H2,62,80)(H,65,68)(H,66,81)(H,69,78)(H,70,79)(H,71,84)(H,72,82)(H,73,85)(H,74,86)(H,75,83)(H,76,87)(H4,63,64,67)/t36-,44+,45+,46-,47-,48+,49-,50+,52+/m1/s1. The number of carbonyl (C=O) groups excluding carboxylic acids is 10. The van der Waals surface area contributed by atoms with Gasteiger partial charge in [-0.1, -0.05) is 115 Å². The average Bonchev–Trinajstić information content (AvgIpc) is 4.15. The molecule has 0 saturated carbocycles. The number of aromatic nitrogens is 2. The van der Waals surface area contributed by atoms with Gasteiger partial charge in [-0.15, -0.1) is 0 Å². The SMILES string of the molecule is CC(=O)N[C@H](Cc1ccccc1)C(=O)N[C@@H](CS)C(=O)N[C@@H](Cc1cnc[nH]1)C(=O)N[C@H](Cc1ccccc1)C(=O)N[C@@H](CCCCN=C(N)N)C(=O)N[C@@H](Cc1ccc(-c2ccccc2)cc1)C(=O)NCCC(=O)N[C@H](CS)C(=O)N[C@H](C(N)=O)[C@@H](C)O. The maximum atomic E-state index is 14.9. The van der Waals surface area contributed by atoms with Crippen molar-refractivity contribution in [3.63, 3.8) is 0 Å². The van der Waals surface area contributed by atoms with Gasteiger partial charge in [0.25, 0.3) is 0 Å². The topological polar surface area (TPSA) is 418 Å². The van der Waals surface area contributed by atoms with E-state index in [0.29, 0.717) is 23.2 Å². The first kappa shape index (κ1) is 70.5. The number of guanidine groups is 1. The summed E-state index contributed by atoms with van der Waals surface area (Å²) in [4.78, 5) is 148. The van der Waals surface area contributed by atoms with Crippen molar-refractivity contribution in [3.05, 3.63) is 150 Å². The van der Waals surface area contributed by atoms with Crippen molar-refractivity contribution in [1.82, 2.24) is 57.8 Å². The number of nitrogens with one attached hydrogen (secondary N) is 10. The van der Waals surface area contributed by atoms with Crippen molar-refractivity contribution in [1.29, 1.82) is 0 Å². The molecule has 0 spiro atoms. The molecule has 0 aliphatic carbocycles. The smallest absolute Gasteiger partial charge is 0.244 e. The van der Waals surface area contributed by atoms with E-state index in [1.54, 1.807) is 72.8 Å². The number of aromatic amines is 1. The number of amides is 10. The molecule has 10 amide bonds. The summed E-state index contributed by atoms with van der Waals surface area (Å²) in [5, 5.41) is 33.7. The Labute approximate surface area is 526 Å². The number of nitrogens with two attached hydrogens (primary N) is 3. The highest BCUT2D eigenvalue weighted by molar-refractivity contribution is 7.80. The number of rotatable bonds is 36. The molecule has 4 aromatic carbocycles. The molecule has 9 atom stereocenters. The average molecular weight is 1260 g/mol. The summed E-state index contributed by atoms with van der Waals surface area (Å²) >= 11 is 8.49. The summed E-state index contributed by atoms with van der Waals surface area (Å²) in [7, 11) is 0. The number of unbranched alkanes of at least 4 members (excludes halogenated alkanes) is 1. The predicted molar refractivity (Wildman–Crippen MR) is 340 cm³/mol. The van der Waals surface area contributed by atoms with E-state index < -0.39 is 114 Å². The second kappa shape index (κ2) is 36.8. The van der Waals surface area contributed by atoms with Crippen molar-refractivity contribution in [2.45, 2.75) is 120 Å². The van der Waals surface area contributed by atoms with E-state index in [0.717, 1.165) is 16.7 Å². The molecule has 0 unspecified atom stereocenters. The molecule has 0 bridgehead atoms. The van der Waals surface area contributed by atoms with Crippen LogP contribution in [-0.2, 0) is 73.6 Å². The molecule has 0 saturated heterocycles. The highest BCUT2D eigenvalue weighted by Gasteiger charge is 2.35. The Morgan fingerprint density at radius 2 is 0.966 bits per heavy atom. The normalized spacial score (nSPS) is 13.9. The molecule has 0 fully saturated rings. The van der Waals surface area contributed by atoms with Crippen molar-refractivity contribution in [3.8, 4) is 11.1 Å². The number of primary amides is 1. The predicted octanol–water partition coefficient (Wildman–Crippen LogP) is -1.08. The highest BCUT2D eigenvalue weighted by atomic mass is 32.1. The quantitative estimate of drug-likeness (QED) is 0.00983. The summed E-state index contributed by atoms with van der Waals surface area (Å²) in [6, 6.07) is 23.8. The van der Waals surface area contributed by atoms with Gasteiger partial charge in [-0.3, -0.25) is 52.9 Å². The van der Waals surface area contributed by atoms with Crippen molar-refractivity contribution in [2.24, 2.45) is 22.2 Å². The lowest BCUT2D eigenvalue weighted by Crippen LogP contribution is -2.60. The zero-order valence-corrected chi connectivity index (χ0v) is 51.1. The first-order valence-electron chi connectivity index (χ1n) is 28.7. The molecule has 28 heteroatoms. The second-order valence-corrected chi connectivity index (χ2v) is 21.7. The Kier molecular flexibility index (Phi) is 29.1. The van der Waals surface area contributed by atoms with Gasteiger partial charge < -0.3 is 75.1 Å². The number of thiol groups is 2. The first-order valence-corrected chi connectivity index (χ1v) is 30.0. The van der Waals surface area contributed by atoms with E-state index in [1.165, 1.54) is 26.4 Å². The molecular formula is C61H79N15O11S2. The zero-order valence-electron chi connectivity index (χ0n) is 49.4. The lowest BCUT2D eigenvalue weighted by molar-refractivity contribution is -0.135. The number of aliphatic hydroxyl groups excluding tert-OH is 1. The Hall–Kier alpha value is -9.28. The number of aliphatic imine (C=N–C) groups is 1. The Morgan fingerprint density at radius 3 is 1.46 bits per heavy atom. The Bertz CT molecular complexity index is 3160. The maximum Gasteiger partial charge on any atom is 0.244 e. The monoisotopic (exact) mass is 1260 g/mol. The van der Waals surface area contributed by atoms with E-state index in [2.05, 4.69) is 88.1 Å². The minimum Gasteiger partial charge on any atom is -0.391 e. The number of hydrogen-bond donors (Lipinski definition) is 16. The van der Waals surface area contributed by atoms with Crippen LogP contribution in [0.2, 0.25) is 0 Å². The minimum absolute atomic E-state index is 0.0232. The molecule has 1 aromatic heterocycles. The Morgan fingerprint density at radius 1 is 0.528 bits per heavy atom. The van der Waals surface area contributed by atoms with Crippen LogP contribution in [0, 0.1) is 0 Å². The fraction of sp³-hybridized carbons (Fsp3) is 0.377. The molecule has 0 aliphatic heterocycles. The first-order chi connectivity index (χ1) is 42.6. The van der Waals surface area contributed by atoms with E-state index in [4.69, 9.17) is 17.2 Å². The maximum absolute atomic E-state index is 14.9. The van der Waals surface area contributed by atoms with Crippen LogP contribution in [0.4, 0.5) is 0 Å². The molecule has 1 heterocycles. The van der Waals surface area contributed by atoms with Gasteiger partial charge in [0.15, 0.2) is 5.96 Å². The lowest BCUT2D eigenvalue weighted by Gasteiger charge is -2.27. The summed E-state index contributed by atoms with van der Waals surface area (Å²) in [5.74, 6) is -8.30. The Balaban J connectivity index is 1.40. The van der Waals surface area contributed by atoms with Gasteiger partial charge in [0, 0.05) is 75.5 Å². The van der Waals surface area contributed by atoms with Crippen molar-refractivity contribution in [2.75, 3.05) is 24.6 Å². The zero-order chi connectivity index (χ0) is 64.8. The molecule has 476 valence electrons. The summed E-state index contributed by atoms with van der Waals surface area (Å²) in [6.07, 6.45) is 1.45. The van der Waals surface area contributed by atoms with Gasteiger partial charge in [-0.05, 0) is 54.0 Å². The number of hydrogen-bond acceptors (Lipinski definition) is 15. The van der Waals surface area contributed by atoms with Gasteiger partial charge in [-0.25, -0.2) is 4.98 Å². The number of nitrogens with zero attached hydrogens (tertiary/aromatic N) is 2. The van der Waals surface area contributed by atoms with Crippen molar-refractivity contribution >= 4 is 90.3 Å². The third kappa shape index (κ3) is 24.4. The molecule has 17 N–H and O–H groups in total. The third-order valence-corrected chi connectivity index (χ3v) is 14.6. The van der Waals surface area contributed by atoms with Crippen LogP contribution in [0.3, 0.4) is 0 Å². The number of aliphatic hydroxyl groups is 1. The summed E-state index contributed by atoms with van der Waals surface area (Å²) in [6.45, 7) is 2.40. The van der Waals surface area contributed by atoms with Gasteiger partial charge in [0.2, 0.25) is 59.1 Å². The number of H-pyrrole nitrogens is 1. The summed E-state index contributed by atoms with van der Waals surface area (Å²) in [5.41, 5.74) is 20.7. The molecule has 0 aliphatic rings. The van der Waals surface area contributed by atoms with Crippen LogP contribution in [0.1, 0.15) is 61.9 Å². The van der Waals surface area contributed by atoms with Crippen LogP contribution in [0.15, 0.2) is 133 Å². The molecule has 0 radical (unpaired) electrons. The fourth-order valence-electron chi connectivity index (χ4n) is 9.16. The van der Waals surface area contributed by atoms with E-state index in [9.17, 15) is 53.1 Å². The highest BCUT2D eigenvalue weighted by Crippen LogP contribution is 2.20. The van der Waals surface area contributed by atoms with Crippen LogP contribution in [0.5, 0.6) is 0 Å². The lowest BCUT2D eigenvalue weighted by atomic mass is 9.99. The molecule has 89 heavy (non-hydrogen) atoms. The number of benzene rings is 4. The van der Waals surface area contributed by atoms with E-state index in [1.807, 2.05) is 42.5 Å². The fourth-order valence-corrected chi connectivity index (χ4v) is 9.67. The molecule has 26 nitrogen and oxygen atoms in total. The number of carbonyl (C=O) groups is 10. The van der Waals surface area contributed by atoms with E-state index >= 15 is 0 Å². The molecule has 5 rings (SSSR count). The van der Waals surface area contributed by atoms with Gasteiger partial charge in [0.1, 0.15) is 48.3 Å². The van der Waals surface area contributed by atoms with Crippen LogP contribution in [-0.4, -0.2) is 159 Å². The molecular weight excluding hydrogens is 1180 g/mol. The van der Waals surface area contributed by atoms with E-state index in [-0.39, 0.29) is 75.5 Å². The largest absolute Gasteiger partial charge is 0.391 e. The van der Waals surface area contributed by atoms with Crippen molar-refractivity contribution < 1.29 is 53.1 Å². The number of imidazole rings is 1. The van der Waals surface area contributed by atoms with Crippen LogP contribution < -0.4 is 65.1 Å². The third-order valence-electron chi connectivity index (χ3n) is 13.9. The van der Waals surface area contributed by atoms with Gasteiger partial charge in [0.05, 0.1) is 12.4 Å². The summed E-state index contributed by atoms with van der Waals surface area (Å²) < 4.78 is 0. The van der Waals surface area contributed by atoms with Gasteiger partial charge in [-0.2, -0.15) is 25.3 Å². The van der Waals surface area contributed by atoms with Crippen LogP contribution >= 0.6 is 25.3 Å². The van der Waals surface area contributed by atoms with Gasteiger partial charge >= 0.3 is 0 Å². The minimum atomic E-state index is -1.44. The van der Waals surface area contributed by atoms with Crippen LogP contribution in [0.25, 0.3) is 11.1 Å².